The van der Waals surface area contributed by atoms with Gasteiger partial charge in [-0.05, 0) is 39.8 Å². The zero-order valence-electron chi connectivity index (χ0n) is 11.0. The van der Waals surface area contributed by atoms with Crippen molar-refractivity contribution in [3.63, 3.8) is 0 Å². The Morgan fingerprint density at radius 2 is 1.83 bits per heavy atom. The normalized spacial score (nSPS) is 21.7. The Hall–Kier alpha value is -1.40. The van der Waals surface area contributed by atoms with Crippen molar-refractivity contribution in [1.82, 2.24) is 15.2 Å². The fourth-order valence-electron chi connectivity index (χ4n) is 2.01. The molecule has 1 aliphatic rings. The van der Waals surface area contributed by atoms with Crippen LogP contribution in [0.15, 0.2) is 18.3 Å². The number of aromatic amines is 1. The molecule has 0 atom stereocenters. The summed E-state index contributed by atoms with van der Waals surface area (Å²) in [6.07, 6.45) is 1.72. The van der Waals surface area contributed by atoms with E-state index in [2.05, 4.69) is 15.2 Å². The number of fused-ring (bicyclic) bond motifs is 1. The number of H-pyrrole nitrogens is 1. The molecule has 0 spiro atoms. The van der Waals surface area contributed by atoms with E-state index in [1.54, 1.807) is 6.20 Å². The smallest absolute Gasteiger partial charge is 0.398 e. The lowest BCUT2D eigenvalue weighted by Crippen LogP contribution is -2.41. The van der Waals surface area contributed by atoms with Crippen molar-refractivity contribution < 1.29 is 9.31 Å². The minimum atomic E-state index is -0.427. The molecule has 1 fully saturated rings. The fraction of sp³-hybridized carbons (Fsp3) is 0.500. The van der Waals surface area contributed by atoms with Crippen LogP contribution in [0, 0.1) is 0 Å². The van der Waals surface area contributed by atoms with Crippen molar-refractivity contribution in [3.05, 3.63) is 18.3 Å². The van der Waals surface area contributed by atoms with E-state index in [0.717, 1.165) is 11.0 Å². The zero-order valence-corrected chi connectivity index (χ0v) is 11.0. The topological polar surface area (TPSA) is 60.0 Å². The van der Waals surface area contributed by atoms with Gasteiger partial charge in [0.25, 0.3) is 0 Å². The van der Waals surface area contributed by atoms with Gasteiger partial charge in [0.2, 0.25) is 0 Å². The third-order valence-electron chi connectivity index (χ3n) is 3.85. The Kier molecular flexibility index (Phi) is 2.31. The Balaban J connectivity index is 2.03. The molecule has 1 aliphatic heterocycles. The Morgan fingerprint density at radius 3 is 2.50 bits per heavy atom. The first-order valence-corrected chi connectivity index (χ1v) is 6.05. The van der Waals surface area contributed by atoms with Crippen LogP contribution in [-0.4, -0.2) is 33.5 Å². The monoisotopic (exact) mass is 245 g/mol. The van der Waals surface area contributed by atoms with Gasteiger partial charge in [0.1, 0.15) is 0 Å². The van der Waals surface area contributed by atoms with Crippen LogP contribution in [0.4, 0.5) is 0 Å². The van der Waals surface area contributed by atoms with Crippen molar-refractivity contribution in [2.45, 2.75) is 38.9 Å². The van der Waals surface area contributed by atoms with Gasteiger partial charge in [-0.15, -0.1) is 0 Å². The van der Waals surface area contributed by atoms with Gasteiger partial charge < -0.3 is 9.31 Å². The van der Waals surface area contributed by atoms with Crippen molar-refractivity contribution in [2.75, 3.05) is 0 Å². The van der Waals surface area contributed by atoms with Gasteiger partial charge in [0, 0.05) is 11.6 Å². The Morgan fingerprint density at radius 1 is 1.17 bits per heavy atom. The van der Waals surface area contributed by atoms with Crippen LogP contribution in [0.2, 0.25) is 0 Å². The summed E-state index contributed by atoms with van der Waals surface area (Å²) in [7, 11) is -0.427. The molecule has 0 aromatic carbocycles. The predicted molar refractivity (Wildman–Crippen MR) is 69.6 cm³/mol. The average molecular weight is 245 g/mol. The zero-order chi connectivity index (χ0) is 13.0. The number of aromatic nitrogens is 3. The molecular formula is C12H16BN3O2. The third-order valence-corrected chi connectivity index (χ3v) is 3.85. The molecule has 2 aromatic heterocycles. The van der Waals surface area contributed by atoms with Gasteiger partial charge in [-0.2, -0.15) is 5.10 Å². The SMILES string of the molecule is CC1(C)OB(c2[nH]nc3ncccc23)OC1(C)C. The van der Waals surface area contributed by atoms with Crippen molar-refractivity contribution >= 4 is 23.7 Å². The van der Waals surface area contributed by atoms with Gasteiger partial charge in [0.15, 0.2) is 5.65 Å². The first-order valence-electron chi connectivity index (χ1n) is 6.05. The minimum absolute atomic E-state index is 0.350. The summed E-state index contributed by atoms with van der Waals surface area (Å²) in [5, 5.41) is 8.07. The number of nitrogens with one attached hydrogen (secondary N) is 1. The molecule has 0 radical (unpaired) electrons. The molecule has 1 saturated heterocycles. The van der Waals surface area contributed by atoms with Gasteiger partial charge in [-0.1, -0.05) is 0 Å². The maximum absolute atomic E-state index is 6.00. The molecule has 6 heteroatoms. The largest absolute Gasteiger partial charge is 0.514 e. The predicted octanol–water partition coefficient (Wildman–Crippen LogP) is 1.26. The van der Waals surface area contributed by atoms with E-state index >= 15 is 0 Å². The maximum atomic E-state index is 6.00. The van der Waals surface area contributed by atoms with Crippen LogP contribution >= 0.6 is 0 Å². The molecule has 94 valence electrons. The van der Waals surface area contributed by atoms with Gasteiger partial charge in [-0.25, -0.2) is 4.98 Å². The summed E-state index contributed by atoms with van der Waals surface area (Å²) in [6.45, 7) is 8.13. The second kappa shape index (κ2) is 3.55. The van der Waals surface area contributed by atoms with Gasteiger partial charge in [0.05, 0.1) is 16.8 Å². The van der Waals surface area contributed by atoms with E-state index in [-0.39, 0.29) is 11.2 Å². The van der Waals surface area contributed by atoms with Crippen LogP contribution in [0.25, 0.3) is 11.0 Å². The number of rotatable bonds is 1. The first-order chi connectivity index (χ1) is 8.41. The minimum Gasteiger partial charge on any atom is -0.398 e. The lowest BCUT2D eigenvalue weighted by atomic mass is 9.83. The van der Waals surface area contributed by atoms with E-state index in [0.29, 0.717) is 5.65 Å². The highest BCUT2D eigenvalue weighted by atomic mass is 16.7. The van der Waals surface area contributed by atoms with Crippen LogP contribution in [0.3, 0.4) is 0 Å². The molecule has 0 saturated carbocycles. The van der Waals surface area contributed by atoms with E-state index in [4.69, 9.17) is 9.31 Å². The van der Waals surface area contributed by atoms with Crippen LogP contribution in [0.5, 0.6) is 0 Å². The van der Waals surface area contributed by atoms with E-state index in [9.17, 15) is 0 Å². The van der Waals surface area contributed by atoms with Crippen LogP contribution in [-0.2, 0) is 9.31 Å². The Labute approximate surface area is 106 Å². The maximum Gasteiger partial charge on any atom is 0.514 e. The molecule has 18 heavy (non-hydrogen) atoms. The fourth-order valence-corrected chi connectivity index (χ4v) is 2.01. The van der Waals surface area contributed by atoms with Gasteiger partial charge >= 0.3 is 7.12 Å². The number of hydrogen-bond donors (Lipinski definition) is 1. The summed E-state index contributed by atoms with van der Waals surface area (Å²) >= 11 is 0. The number of hydrogen-bond acceptors (Lipinski definition) is 4. The number of nitrogens with zero attached hydrogens (tertiary/aromatic N) is 2. The summed E-state index contributed by atoms with van der Waals surface area (Å²) in [5.74, 6) is 0. The molecule has 0 amide bonds. The highest BCUT2D eigenvalue weighted by Crippen LogP contribution is 2.36. The molecule has 3 rings (SSSR count). The molecular weight excluding hydrogens is 229 g/mol. The van der Waals surface area contributed by atoms with Crippen molar-refractivity contribution in [1.29, 1.82) is 0 Å². The summed E-state index contributed by atoms with van der Waals surface area (Å²) < 4.78 is 12.0. The first kappa shape index (κ1) is 11.7. The second-order valence-corrected chi connectivity index (χ2v) is 5.60. The van der Waals surface area contributed by atoms with Crippen molar-refractivity contribution in [3.8, 4) is 0 Å². The quantitative estimate of drug-likeness (QED) is 0.768. The summed E-state index contributed by atoms with van der Waals surface area (Å²) in [4.78, 5) is 4.19. The van der Waals surface area contributed by atoms with E-state index in [1.807, 2.05) is 39.8 Å². The molecule has 3 heterocycles. The molecule has 0 aliphatic carbocycles. The Bertz CT molecular complexity index is 578. The summed E-state index contributed by atoms with van der Waals surface area (Å²) in [6, 6.07) is 3.85. The van der Waals surface area contributed by atoms with Gasteiger partial charge in [-0.3, -0.25) is 5.10 Å². The lowest BCUT2D eigenvalue weighted by Gasteiger charge is -2.32. The van der Waals surface area contributed by atoms with Crippen molar-refractivity contribution in [2.24, 2.45) is 0 Å². The molecule has 2 aromatic rings. The molecule has 0 bridgehead atoms. The highest BCUT2D eigenvalue weighted by molar-refractivity contribution is 6.64. The standard InChI is InChI=1S/C12H16BN3O2/c1-11(2)12(3,4)18-13(17-11)9-8-6-5-7-14-10(8)16-15-9/h5-7H,1-4H3,(H,14,15,16). The molecule has 1 N–H and O–H groups in total. The van der Waals surface area contributed by atoms with Crippen LogP contribution < -0.4 is 5.59 Å². The highest BCUT2D eigenvalue weighted by Gasteiger charge is 2.52. The van der Waals surface area contributed by atoms with E-state index < -0.39 is 7.12 Å². The van der Waals surface area contributed by atoms with Crippen LogP contribution in [0.1, 0.15) is 27.7 Å². The van der Waals surface area contributed by atoms with E-state index in [1.165, 1.54) is 0 Å². The second-order valence-electron chi connectivity index (χ2n) is 5.60. The molecule has 0 unspecified atom stereocenters. The third kappa shape index (κ3) is 1.56. The molecule has 5 nitrogen and oxygen atoms in total. The lowest BCUT2D eigenvalue weighted by molar-refractivity contribution is 0.00578. The summed E-state index contributed by atoms with van der Waals surface area (Å²) in [5.41, 5.74) is 0.813. The average Bonchev–Trinajstić information content (AvgIpc) is 2.78. The number of pyridine rings is 1.